The van der Waals surface area contributed by atoms with Crippen molar-refractivity contribution >= 4 is 12.6 Å². The minimum atomic E-state index is -1.85. The molecule has 1 aromatic carbocycles. The number of nitrogens with zero attached hydrogens (tertiary/aromatic N) is 4. The van der Waals surface area contributed by atoms with Gasteiger partial charge in [0.05, 0.1) is 7.05 Å². The van der Waals surface area contributed by atoms with Crippen LogP contribution >= 0.6 is 0 Å². The van der Waals surface area contributed by atoms with E-state index in [0.717, 1.165) is 6.07 Å². The quantitative estimate of drug-likeness (QED) is 0.650. The fraction of sp³-hybridized carbons (Fsp3) is 0.222. The van der Waals surface area contributed by atoms with Crippen LogP contribution in [0.1, 0.15) is 5.82 Å². The van der Waals surface area contributed by atoms with E-state index in [0.29, 0.717) is 5.82 Å². The molecule has 2 rings (SSSR count). The Labute approximate surface area is 102 Å². The minimum absolute atomic E-state index is 0.0499. The lowest BCUT2D eigenvalue weighted by atomic mass is 9.80. The zero-order valence-corrected chi connectivity index (χ0v) is 9.49. The molecule has 0 aliphatic carbocycles. The van der Waals surface area contributed by atoms with Crippen LogP contribution in [0.3, 0.4) is 0 Å². The Morgan fingerprint density at radius 1 is 1.44 bits per heavy atom. The fourth-order valence-corrected chi connectivity index (χ4v) is 1.34. The van der Waals surface area contributed by atoms with E-state index in [1.807, 2.05) is 0 Å². The van der Waals surface area contributed by atoms with E-state index in [-0.39, 0.29) is 17.8 Å². The molecule has 1 heterocycles. The predicted molar refractivity (Wildman–Crippen MR) is 59.4 cm³/mol. The lowest BCUT2D eigenvalue weighted by Crippen LogP contribution is -2.32. The third-order valence-electron chi connectivity index (χ3n) is 2.17. The van der Waals surface area contributed by atoms with Gasteiger partial charge in [0.1, 0.15) is 11.6 Å². The summed E-state index contributed by atoms with van der Waals surface area (Å²) >= 11 is 0. The van der Waals surface area contributed by atoms with Crippen molar-refractivity contribution in [1.29, 1.82) is 0 Å². The fourth-order valence-electron chi connectivity index (χ4n) is 1.34. The zero-order valence-electron chi connectivity index (χ0n) is 9.49. The zero-order chi connectivity index (χ0) is 13.1. The number of tetrazole rings is 1. The molecule has 0 atom stereocenters. The van der Waals surface area contributed by atoms with E-state index in [2.05, 4.69) is 15.4 Å². The molecule has 0 aliphatic heterocycles. The average molecular weight is 252 g/mol. The lowest BCUT2D eigenvalue weighted by molar-refractivity contribution is 0.294. The van der Waals surface area contributed by atoms with E-state index in [1.165, 1.54) is 16.9 Å². The number of ether oxygens (including phenoxy) is 1. The normalized spacial score (nSPS) is 10.4. The molecule has 2 N–H and O–H groups in total. The van der Waals surface area contributed by atoms with Gasteiger partial charge in [0.2, 0.25) is 5.82 Å². The van der Waals surface area contributed by atoms with E-state index >= 15 is 0 Å². The molecular weight excluding hydrogens is 242 g/mol. The molecule has 0 saturated carbocycles. The first-order chi connectivity index (χ1) is 8.56. The number of aromatic nitrogens is 4. The van der Waals surface area contributed by atoms with Crippen LogP contribution in [-0.4, -0.2) is 37.4 Å². The van der Waals surface area contributed by atoms with Crippen LogP contribution in [-0.2, 0) is 13.7 Å². The molecule has 0 unspecified atom stereocenters. The molecule has 2 aromatic rings. The lowest BCUT2D eigenvalue weighted by Gasteiger charge is -2.06. The molecule has 0 amide bonds. The topological polar surface area (TPSA) is 93.3 Å². The minimum Gasteiger partial charge on any atom is -0.485 e. The first kappa shape index (κ1) is 12.5. The van der Waals surface area contributed by atoms with E-state index < -0.39 is 12.9 Å². The number of rotatable bonds is 4. The van der Waals surface area contributed by atoms with E-state index in [4.69, 9.17) is 14.8 Å². The molecule has 0 spiro atoms. The highest BCUT2D eigenvalue weighted by atomic mass is 19.1. The molecular formula is C9H10BFN4O3. The Hall–Kier alpha value is -2.00. The van der Waals surface area contributed by atoms with Crippen LogP contribution in [0.25, 0.3) is 0 Å². The van der Waals surface area contributed by atoms with Gasteiger partial charge in [0.25, 0.3) is 0 Å². The Morgan fingerprint density at radius 2 is 2.22 bits per heavy atom. The van der Waals surface area contributed by atoms with Crippen molar-refractivity contribution in [2.75, 3.05) is 0 Å². The van der Waals surface area contributed by atoms with Crippen LogP contribution in [0.5, 0.6) is 5.75 Å². The molecule has 0 bridgehead atoms. The maximum Gasteiger partial charge on any atom is 0.491 e. The smallest absolute Gasteiger partial charge is 0.485 e. The van der Waals surface area contributed by atoms with Crippen molar-refractivity contribution in [3.8, 4) is 5.75 Å². The first-order valence-corrected chi connectivity index (χ1v) is 5.07. The summed E-state index contributed by atoms with van der Waals surface area (Å²) in [5.74, 6) is -0.150. The summed E-state index contributed by atoms with van der Waals surface area (Å²) in [6.45, 7) is 0.0499. The maximum absolute atomic E-state index is 13.4. The number of aryl methyl sites for hydroxylation is 1. The molecule has 0 radical (unpaired) electrons. The number of hydrogen-bond acceptors (Lipinski definition) is 6. The van der Waals surface area contributed by atoms with Crippen LogP contribution in [0.2, 0.25) is 0 Å². The van der Waals surface area contributed by atoms with Crippen LogP contribution in [0.4, 0.5) is 4.39 Å². The van der Waals surface area contributed by atoms with Gasteiger partial charge >= 0.3 is 7.12 Å². The standard InChI is InChI=1S/C9H10BFN4O3/c1-15-13-9(12-14-15)5-18-6-2-3-7(10(16)17)8(11)4-6/h2-4,16-17H,5H2,1H3. The summed E-state index contributed by atoms with van der Waals surface area (Å²) in [5.41, 5.74) is -0.208. The molecule has 1 aromatic heterocycles. The first-order valence-electron chi connectivity index (χ1n) is 5.07. The highest BCUT2D eigenvalue weighted by Gasteiger charge is 2.16. The van der Waals surface area contributed by atoms with Crippen molar-refractivity contribution in [3.63, 3.8) is 0 Å². The molecule has 0 fully saturated rings. The summed E-state index contributed by atoms with van der Waals surface area (Å²) < 4.78 is 18.6. The van der Waals surface area contributed by atoms with Crippen LogP contribution in [0, 0.1) is 5.82 Å². The maximum atomic E-state index is 13.4. The summed E-state index contributed by atoms with van der Waals surface area (Å²) in [4.78, 5) is 1.28. The predicted octanol–water partition coefficient (Wildman–Crippen LogP) is -1.39. The molecule has 7 nitrogen and oxygen atoms in total. The molecule has 94 valence electrons. The molecule has 18 heavy (non-hydrogen) atoms. The Morgan fingerprint density at radius 3 is 2.78 bits per heavy atom. The van der Waals surface area contributed by atoms with Gasteiger partial charge in [-0.3, -0.25) is 0 Å². The SMILES string of the molecule is Cn1nnc(COc2ccc(B(O)O)c(F)c2)n1. The van der Waals surface area contributed by atoms with Gasteiger partial charge in [-0.15, -0.1) is 10.2 Å². The number of hydrogen-bond donors (Lipinski definition) is 2. The Balaban J connectivity index is 2.04. The second-order valence-corrected chi connectivity index (χ2v) is 3.54. The summed E-state index contributed by atoms with van der Waals surface area (Å²) in [6.07, 6.45) is 0. The second-order valence-electron chi connectivity index (χ2n) is 3.54. The van der Waals surface area contributed by atoms with Gasteiger partial charge in [-0.1, -0.05) is 6.07 Å². The van der Waals surface area contributed by atoms with Gasteiger partial charge in [0, 0.05) is 11.5 Å². The van der Waals surface area contributed by atoms with E-state index in [9.17, 15) is 4.39 Å². The Bertz CT molecular complexity index is 548. The summed E-state index contributed by atoms with van der Waals surface area (Å²) in [7, 11) is -0.228. The highest BCUT2D eigenvalue weighted by Crippen LogP contribution is 2.12. The van der Waals surface area contributed by atoms with Crippen molar-refractivity contribution in [2.24, 2.45) is 7.05 Å². The number of benzene rings is 1. The van der Waals surface area contributed by atoms with Gasteiger partial charge in [-0.05, 0) is 11.3 Å². The van der Waals surface area contributed by atoms with Gasteiger partial charge in [0.15, 0.2) is 6.61 Å². The largest absolute Gasteiger partial charge is 0.491 e. The third kappa shape index (κ3) is 2.82. The van der Waals surface area contributed by atoms with Gasteiger partial charge < -0.3 is 14.8 Å². The monoisotopic (exact) mass is 252 g/mol. The molecule has 0 saturated heterocycles. The van der Waals surface area contributed by atoms with Gasteiger partial charge in [-0.25, -0.2) is 4.39 Å². The number of halogens is 1. The third-order valence-corrected chi connectivity index (χ3v) is 2.17. The van der Waals surface area contributed by atoms with Gasteiger partial charge in [-0.2, -0.15) is 4.80 Å². The average Bonchev–Trinajstić information content (AvgIpc) is 2.72. The van der Waals surface area contributed by atoms with Crippen molar-refractivity contribution in [2.45, 2.75) is 6.61 Å². The van der Waals surface area contributed by atoms with E-state index in [1.54, 1.807) is 7.05 Å². The molecule has 9 heteroatoms. The summed E-state index contributed by atoms with van der Waals surface area (Å²) in [5, 5.41) is 28.9. The molecule has 0 aliphatic rings. The van der Waals surface area contributed by atoms with Crippen molar-refractivity contribution < 1.29 is 19.2 Å². The van der Waals surface area contributed by atoms with Crippen molar-refractivity contribution in [1.82, 2.24) is 20.2 Å². The Kier molecular flexibility index (Phi) is 3.54. The van der Waals surface area contributed by atoms with Crippen LogP contribution < -0.4 is 10.2 Å². The highest BCUT2D eigenvalue weighted by molar-refractivity contribution is 6.58. The second kappa shape index (κ2) is 5.11. The van der Waals surface area contributed by atoms with Crippen LogP contribution in [0.15, 0.2) is 18.2 Å². The summed E-state index contributed by atoms with van der Waals surface area (Å²) in [6, 6.07) is 3.72. The van der Waals surface area contributed by atoms with Crippen molar-refractivity contribution in [3.05, 3.63) is 29.8 Å².